The fourth-order valence-electron chi connectivity index (χ4n) is 3.53. The second-order valence-electron chi connectivity index (χ2n) is 7.50. The lowest BCUT2D eigenvalue weighted by atomic mass is 9.97. The number of hydrogen-bond donors (Lipinski definition) is 1. The fraction of sp³-hybridized carbons (Fsp3) is 0.500. The number of amides is 1. The molecule has 1 aromatic carbocycles. The number of unbranched alkanes of at least 4 members (excludes halogenated alkanes) is 1. The number of rotatable bonds is 8. The molecule has 1 aromatic heterocycles. The molecule has 0 bridgehead atoms. The predicted octanol–water partition coefficient (Wildman–Crippen LogP) is 2.90. The highest BCUT2D eigenvalue weighted by Crippen LogP contribution is 2.32. The van der Waals surface area contributed by atoms with E-state index in [1.165, 1.54) is 0 Å². The van der Waals surface area contributed by atoms with Crippen molar-refractivity contribution in [1.29, 1.82) is 0 Å². The molecular weight excluding hydrogens is 433 g/mol. The Kier molecular flexibility index (Phi) is 7.37. The molecule has 0 aliphatic carbocycles. The predicted molar refractivity (Wildman–Crippen MR) is 107 cm³/mol. The van der Waals surface area contributed by atoms with Crippen molar-refractivity contribution < 1.29 is 26.4 Å². The van der Waals surface area contributed by atoms with Crippen molar-refractivity contribution in [2.75, 3.05) is 19.6 Å². The molecule has 31 heavy (non-hydrogen) atoms. The minimum atomic E-state index is -4.62. The van der Waals surface area contributed by atoms with Crippen LogP contribution in [-0.4, -0.2) is 47.8 Å². The molecule has 1 fully saturated rings. The SMILES string of the molecule is O=C(NCCCCn1ccnc1)C1CCN(S(=O)(=O)c2cccc(C(F)(F)F)c2)CC1. The van der Waals surface area contributed by atoms with E-state index in [9.17, 15) is 26.4 Å². The van der Waals surface area contributed by atoms with Crippen molar-refractivity contribution in [3.8, 4) is 0 Å². The van der Waals surface area contributed by atoms with Gasteiger partial charge in [-0.3, -0.25) is 4.79 Å². The first-order valence-corrected chi connectivity index (χ1v) is 11.5. The second-order valence-corrected chi connectivity index (χ2v) is 9.44. The number of hydrogen-bond acceptors (Lipinski definition) is 4. The van der Waals surface area contributed by atoms with Crippen molar-refractivity contribution in [3.63, 3.8) is 0 Å². The molecule has 0 radical (unpaired) electrons. The average Bonchev–Trinajstić information content (AvgIpc) is 3.26. The van der Waals surface area contributed by atoms with Gasteiger partial charge in [0.05, 0.1) is 16.8 Å². The molecule has 11 heteroatoms. The van der Waals surface area contributed by atoms with Crippen LogP contribution in [0.4, 0.5) is 13.2 Å². The Labute approximate surface area is 179 Å². The lowest BCUT2D eigenvalue weighted by Gasteiger charge is -2.30. The Morgan fingerprint density at radius 2 is 1.94 bits per heavy atom. The molecule has 1 aliphatic heterocycles. The van der Waals surface area contributed by atoms with E-state index in [1.807, 2.05) is 10.8 Å². The Hall–Kier alpha value is -2.40. The van der Waals surface area contributed by atoms with Crippen LogP contribution >= 0.6 is 0 Å². The Bertz CT molecular complexity index is 970. The van der Waals surface area contributed by atoms with Gasteiger partial charge in [-0.05, 0) is 43.9 Å². The minimum absolute atomic E-state index is 0.0945. The number of nitrogens with zero attached hydrogens (tertiary/aromatic N) is 3. The van der Waals surface area contributed by atoms with Gasteiger partial charge in [0.1, 0.15) is 0 Å². The number of alkyl halides is 3. The van der Waals surface area contributed by atoms with Crippen LogP contribution < -0.4 is 5.32 Å². The minimum Gasteiger partial charge on any atom is -0.356 e. The van der Waals surface area contributed by atoms with E-state index >= 15 is 0 Å². The molecule has 0 atom stereocenters. The third-order valence-corrected chi connectivity index (χ3v) is 7.22. The number of piperidine rings is 1. The molecule has 1 saturated heterocycles. The van der Waals surface area contributed by atoms with E-state index in [-0.39, 0.29) is 29.8 Å². The zero-order valence-corrected chi connectivity index (χ0v) is 17.7. The van der Waals surface area contributed by atoms with Crippen LogP contribution in [0.2, 0.25) is 0 Å². The summed E-state index contributed by atoms with van der Waals surface area (Å²) in [5.74, 6) is -0.416. The number of aromatic nitrogens is 2. The summed E-state index contributed by atoms with van der Waals surface area (Å²) < 4.78 is 67.3. The van der Waals surface area contributed by atoms with E-state index in [2.05, 4.69) is 10.3 Å². The number of nitrogens with one attached hydrogen (secondary N) is 1. The van der Waals surface area contributed by atoms with Gasteiger partial charge >= 0.3 is 6.18 Å². The standard InChI is InChI=1S/C20H25F3N4O3S/c21-20(22,23)17-4-3-5-18(14-17)31(29,30)27-11-6-16(7-12-27)19(28)25-8-1-2-10-26-13-9-24-15-26/h3-5,9,13-16H,1-2,6-8,10-12H2,(H,25,28). The van der Waals surface area contributed by atoms with Crippen molar-refractivity contribution in [1.82, 2.24) is 19.2 Å². The Balaban J connectivity index is 1.46. The summed E-state index contributed by atoms with van der Waals surface area (Å²) >= 11 is 0. The maximum Gasteiger partial charge on any atom is 0.416 e. The topological polar surface area (TPSA) is 84.3 Å². The number of aryl methyl sites for hydroxylation is 1. The largest absolute Gasteiger partial charge is 0.416 e. The number of carbonyl (C=O) groups excluding carboxylic acids is 1. The number of carbonyl (C=O) groups is 1. The maximum absolute atomic E-state index is 12.9. The lowest BCUT2D eigenvalue weighted by Crippen LogP contribution is -2.43. The van der Waals surface area contributed by atoms with Crippen LogP contribution in [0.15, 0.2) is 47.9 Å². The van der Waals surface area contributed by atoms with Gasteiger partial charge in [0.25, 0.3) is 0 Å². The van der Waals surface area contributed by atoms with Crippen LogP contribution in [0.1, 0.15) is 31.2 Å². The highest BCUT2D eigenvalue weighted by molar-refractivity contribution is 7.89. The molecule has 7 nitrogen and oxygen atoms in total. The van der Waals surface area contributed by atoms with E-state index in [0.717, 1.165) is 41.9 Å². The van der Waals surface area contributed by atoms with Crippen LogP contribution in [0.25, 0.3) is 0 Å². The highest BCUT2D eigenvalue weighted by Gasteiger charge is 2.35. The molecule has 170 valence electrons. The van der Waals surface area contributed by atoms with E-state index in [4.69, 9.17) is 0 Å². The first-order valence-electron chi connectivity index (χ1n) is 10.1. The van der Waals surface area contributed by atoms with Crippen molar-refractivity contribution in [3.05, 3.63) is 48.5 Å². The van der Waals surface area contributed by atoms with Gasteiger partial charge in [-0.15, -0.1) is 0 Å². The second kappa shape index (κ2) is 9.82. The third kappa shape index (κ3) is 6.07. The first kappa shape index (κ1) is 23.3. The van der Waals surface area contributed by atoms with Gasteiger partial charge in [0.2, 0.25) is 15.9 Å². The van der Waals surface area contributed by atoms with E-state index in [0.29, 0.717) is 25.5 Å². The molecule has 2 aromatic rings. The molecular formula is C20H25F3N4O3S. The van der Waals surface area contributed by atoms with Gasteiger partial charge in [-0.1, -0.05) is 6.07 Å². The summed E-state index contributed by atoms with van der Waals surface area (Å²) in [5.41, 5.74) is -1.00. The summed E-state index contributed by atoms with van der Waals surface area (Å²) in [7, 11) is -4.05. The Morgan fingerprint density at radius 3 is 2.58 bits per heavy atom. The smallest absolute Gasteiger partial charge is 0.356 e. The summed E-state index contributed by atoms with van der Waals surface area (Å²) in [4.78, 5) is 15.9. The van der Waals surface area contributed by atoms with Crippen molar-refractivity contribution >= 4 is 15.9 Å². The van der Waals surface area contributed by atoms with Crippen molar-refractivity contribution in [2.45, 2.75) is 43.3 Å². The summed E-state index contributed by atoms with van der Waals surface area (Å²) in [6, 6.07) is 3.73. The zero-order chi connectivity index (χ0) is 22.5. The molecule has 1 N–H and O–H groups in total. The Morgan fingerprint density at radius 1 is 1.19 bits per heavy atom. The molecule has 1 amide bonds. The number of benzene rings is 1. The van der Waals surface area contributed by atoms with Crippen LogP contribution in [0.3, 0.4) is 0 Å². The summed E-state index contributed by atoms with van der Waals surface area (Å²) in [6.45, 7) is 1.55. The average molecular weight is 459 g/mol. The fourth-order valence-corrected chi connectivity index (χ4v) is 5.05. The van der Waals surface area contributed by atoms with Crippen LogP contribution in [0, 0.1) is 5.92 Å². The highest BCUT2D eigenvalue weighted by atomic mass is 32.2. The third-order valence-electron chi connectivity index (χ3n) is 5.33. The van der Waals surface area contributed by atoms with Crippen molar-refractivity contribution in [2.24, 2.45) is 5.92 Å². The molecule has 3 rings (SSSR count). The number of sulfonamides is 1. The van der Waals surface area contributed by atoms with Crippen LogP contribution in [0.5, 0.6) is 0 Å². The maximum atomic E-state index is 12.9. The van der Waals surface area contributed by atoms with Gasteiger partial charge < -0.3 is 9.88 Å². The summed E-state index contributed by atoms with van der Waals surface area (Å²) in [6.07, 6.45) is 3.07. The van der Waals surface area contributed by atoms with Gasteiger partial charge in [0.15, 0.2) is 0 Å². The number of halogens is 3. The summed E-state index contributed by atoms with van der Waals surface area (Å²) in [5, 5.41) is 2.89. The zero-order valence-electron chi connectivity index (χ0n) is 16.9. The first-order chi connectivity index (χ1) is 14.7. The number of imidazole rings is 1. The monoisotopic (exact) mass is 458 g/mol. The quantitative estimate of drug-likeness (QED) is 0.617. The van der Waals surface area contributed by atoms with Crippen LogP contribution in [-0.2, 0) is 27.5 Å². The normalized spacial score (nSPS) is 16.4. The van der Waals surface area contributed by atoms with Gasteiger partial charge in [-0.2, -0.15) is 17.5 Å². The van der Waals surface area contributed by atoms with Gasteiger partial charge in [-0.25, -0.2) is 13.4 Å². The van der Waals surface area contributed by atoms with Gasteiger partial charge in [0, 0.05) is 44.5 Å². The molecule has 1 aliphatic rings. The molecule has 0 unspecified atom stereocenters. The molecule has 0 saturated carbocycles. The van der Waals surface area contributed by atoms with E-state index in [1.54, 1.807) is 12.5 Å². The lowest BCUT2D eigenvalue weighted by molar-refractivity contribution is -0.137. The molecule has 0 spiro atoms. The molecule has 2 heterocycles. The van der Waals surface area contributed by atoms with E-state index < -0.39 is 21.8 Å².